The molecule has 0 saturated heterocycles. The molecule has 6 nitrogen and oxygen atoms in total. The fourth-order valence-corrected chi connectivity index (χ4v) is 2.77. The number of rotatable bonds is 6. The molecule has 0 aliphatic rings. The van der Waals surface area contributed by atoms with Gasteiger partial charge >= 0.3 is 0 Å². The minimum absolute atomic E-state index is 0.0245. The van der Waals surface area contributed by atoms with Crippen LogP contribution in [0.1, 0.15) is 27.7 Å². The number of amides is 2. The van der Waals surface area contributed by atoms with Crippen LogP contribution in [-0.4, -0.2) is 32.0 Å². The van der Waals surface area contributed by atoms with Crippen molar-refractivity contribution in [3.05, 3.63) is 24.3 Å². The second-order valence-corrected chi connectivity index (χ2v) is 7.62. The first-order valence-electron chi connectivity index (χ1n) is 7.08. The Kier molecular flexibility index (Phi) is 6.11. The quantitative estimate of drug-likeness (QED) is 0.830. The normalized spacial score (nSPS) is 12.8. The molecule has 0 bridgehead atoms. The van der Waals surface area contributed by atoms with Gasteiger partial charge in [0, 0.05) is 12.6 Å². The second kappa shape index (κ2) is 7.40. The van der Waals surface area contributed by atoms with Gasteiger partial charge in [0.15, 0.2) is 9.84 Å². The van der Waals surface area contributed by atoms with Crippen LogP contribution in [0.3, 0.4) is 0 Å². The van der Waals surface area contributed by atoms with Gasteiger partial charge in [-0.15, -0.1) is 0 Å². The Morgan fingerprint density at radius 2 is 1.68 bits per heavy atom. The van der Waals surface area contributed by atoms with E-state index >= 15 is 0 Å². The van der Waals surface area contributed by atoms with Crippen molar-refractivity contribution in [2.75, 3.05) is 11.1 Å². The first-order chi connectivity index (χ1) is 10.2. The molecular weight excluding hydrogens is 304 g/mol. The number of hydrogen-bond donors (Lipinski definition) is 2. The SMILES string of the molecule is CCS(=O)(=O)c1ccc(NC(=O)C(NC(C)=O)C(C)C)cc1. The topological polar surface area (TPSA) is 92.3 Å². The second-order valence-electron chi connectivity index (χ2n) is 5.34. The molecule has 2 amide bonds. The third-order valence-corrected chi connectivity index (χ3v) is 4.92. The van der Waals surface area contributed by atoms with Gasteiger partial charge < -0.3 is 10.6 Å². The Balaban J connectivity index is 2.86. The van der Waals surface area contributed by atoms with Gasteiger partial charge in [-0.3, -0.25) is 9.59 Å². The van der Waals surface area contributed by atoms with Crippen LogP contribution < -0.4 is 10.6 Å². The first kappa shape index (κ1) is 18.2. The highest BCUT2D eigenvalue weighted by molar-refractivity contribution is 7.91. The van der Waals surface area contributed by atoms with E-state index in [1.165, 1.54) is 31.2 Å². The van der Waals surface area contributed by atoms with E-state index in [1.807, 2.05) is 13.8 Å². The molecule has 0 heterocycles. The lowest BCUT2D eigenvalue weighted by molar-refractivity contribution is -0.126. The van der Waals surface area contributed by atoms with E-state index < -0.39 is 15.9 Å². The standard InChI is InChI=1S/C15H22N2O4S/c1-5-22(20,21)13-8-6-12(7-9-13)17-15(19)14(10(2)3)16-11(4)18/h6-10,14H,5H2,1-4H3,(H,16,18)(H,17,19). The highest BCUT2D eigenvalue weighted by Gasteiger charge is 2.23. The average Bonchev–Trinajstić information content (AvgIpc) is 2.44. The third kappa shape index (κ3) is 4.84. The lowest BCUT2D eigenvalue weighted by atomic mass is 10.0. The number of carbonyl (C=O) groups excluding carboxylic acids is 2. The van der Waals surface area contributed by atoms with Crippen LogP contribution in [0.25, 0.3) is 0 Å². The molecule has 0 aliphatic heterocycles. The first-order valence-corrected chi connectivity index (χ1v) is 8.73. The zero-order valence-electron chi connectivity index (χ0n) is 13.2. The van der Waals surface area contributed by atoms with Crippen LogP contribution in [0.2, 0.25) is 0 Å². The highest BCUT2D eigenvalue weighted by Crippen LogP contribution is 2.16. The van der Waals surface area contributed by atoms with E-state index in [0.717, 1.165) is 0 Å². The van der Waals surface area contributed by atoms with Gasteiger partial charge in [-0.25, -0.2) is 8.42 Å². The Bertz CT molecular complexity index is 636. The summed E-state index contributed by atoms with van der Waals surface area (Å²) in [6.07, 6.45) is 0. The summed E-state index contributed by atoms with van der Waals surface area (Å²) in [5.74, 6) is -0.658. The van der Waals surface area contributed by atoms with Gasteiger partial charge in [-0.1, -0.05) is 20.8 Å². The average molecular weight is 326 g/mol. The van der Waals surface area contributed by atoms with Crippen LogP contribution in [0.15, 0.2) is 29.2 Å². The van der Waals surface area contributed by atoms with Crippen molar-refractivity contribution in [2.24, 2.45) is 5.92 Å². The van der Waals surface area contributed by atoms with Gasteiger partial charge in [0.05, 0.1) is 10.6 Å². The molecule has 0 radical (unpaired) electrons. The highest BCUT2D eigenvalue weighted by atomic mass is 32.2. The van der Waals surface area contributed by atoms with Crippen molar-refractivity contribution >= 4 is 27.3 Å². The van der Waals surface area contributed by atoms with Crippen LogP contribution >= 0.6 is 0 Å². The fourth-order valence-electron chi connectivity index (χ4n) is 1.89. The summed E-state index contributed by atoms with van der Waals surface area (Å²) >= 11 is 0. The van der Waals surface area contributed by atoms with Crippen LogP contribution in [0.5, 0.6) is 0 Å². The summed E-state index contributed by atoms with van der Waals surface area (Å²) in [6, 6.07) is 5.34. The van der Waals surface area contributed by atoms with E-state index in [0.29, 0.717) is 5.69 Å². The van der Waals surface area contributed by atoms with Crippen molar-refractivity contribution in [3.63, 3.8) is 0 Å². The molecule has 122 valence electrons. The fraction of sp³-hybridized carbons (Fsp3) is 0.467. The Morgan fingerprint density at radius 1 is 1.14 bits per heavy atom. The van der Waals surface area contributed by atoms with Crippen molar-refractivity contribution in [2.45, 2.75) is 38.6 Å². The molecule has 0 aromatic heterocycles. The molecular formula is C15H22N2O4S. The summed E-state index contributed by atoms with van der Waals surface area (Å²) in [5, 5.41) is 5.27. The zero-order chi connectivity index (χ0) is 16.9. The van der Waals surface area contributed by atoms with Crippen molar-refractivity contribution in [1.82, 2.24) is 5.32 Å². The minimum Gasteiger partial charge on any atom is -0.344 e. The summed E-state index contributed by atoms with van der Waals surface area (Å²) in [7, 11) is -3.26. The maximum Gasteiger partial charge on any atom is 0.247 e. The van der Waals surface area contributed by atoms with Crippen molar-refractivity contribution < 1.29 is 18.0 Å². The van der Waals surface area contributed by atoms with E-state index in [9.17, 15) is 18.0 Å². The molecule has 0 spiro atoms. The van der Waals surface area contributed by atoms with Gasteiger partial charge in [-0.05, 0) is 30.2 Å². The van der Waals surface area contributed by atoms with Gasteiger partial charge in [0.1, 0.15) is 6.04 Å². The smallest absolute Gasteiger partial charge is 0.247 e. The Hall–Kier alpha value is -1.89. The maximum atomic E-state index is 12.2. The molecule has 2 N–H and O–H groups in total. The monoisotopic (exact) mass is 326 g/mol. The summed E-state index contributed by atoms with van der Waals surface area (Å²) < 4.78 is 23.4. The van der Waals surface area contributed by atoms with Gasteiger partial charge in [-0.2, -0.15) is 0 Å². The maximum absolute atomic E-state index is 12.2. The predicted molar refractivity (Wildman–Crippen MR) is 85.2 cm³/mol. The van der Waals surface area contributed by atoms with Crippen molar-refractivity contribution in [3.8, 4) is 0 Å². The number of sulfone groups is 1. The molecule has 1 unspecified atom stereocenters. The number of anilines is 1. The molecule has 22 heavy (non-hydrogen) atoms. The summed E-state index contributed by atoms with van der Waals surface area (Å²) in [5.41, 5.74) is 0.482. The molecule has 1 rings (SSSR count). The molecule has 0 fully saturated rings. The number of nitrogens with one attached hydrogen (secondary N) is 2. The minimum atomic E-state index is -3.26. The lowest BCUT2D eigenvalue weighted by Crippen LogP contribution is -2.46. The van der Waals surface area contributed by atoms with Crippen LogP contribution in [-0.2, 0) is 19.4 Å². The molecule has 7 heteroatoms. The molecule has 1 aromatic carbocycles. The van der Waals surface area contributed by atoms with E-state index in [4.69, 9.17) is 0 Å². The number of benzene rings is 1. The zero-order valence-corrected chi connectivity index (χ0v) is 14.0. The van der Waals surface area contributed by atoms with E-state index in [-0.39, 0.29) is 28.4 Å². The van der Waals surface area contributed by atoms with E-state index in [2.05, 4.69) is 10.6 Å². The lowest BCUT2D eigenvalue weighted by Gasteiger charge is -2.21. The number of carbonyl (C=O) groups is 2. The van der Waals surface area contributed by atoms with Crippen molar-refractivity contribution in [1.29, 1.82) is 0 Å². The van der Waals surface area contributed by atoms with E-state index in [1.54, 1.807) is 6.92 Å². The number of hydrogen-bond acceptors (Lipinski definition) is 4. The van der Waals surface area contributed by atoms with Gasteiger partial charge in [0.2, 0.25) is 11.8 Å². The summed E-state index contributed by atoms with van der Waals surface area (Å²) in [4.78, 5) is 23.5. The molecule has 1 aromatic rings. The molecule has 1 atom stereocenters. The van der Waals surface area contributed by atoms with Crippen LogP contribution in [0, 0.1) is 5.92 Å². The third-order valence-electron chi connectivity index (χ3n) is 3.17. The largest absolute Gasteiger partial charge is 0.344 e. The molecule has 0 aliphatic carbocycles. The van der Waals surface area contributed by atoms with Gasteiger partial charge in [0.25, 0.3) is 0 Å². The molecule has 0 saturated carbocycles. The Labute approximate surface area is 131 Å². The summed E-state index contributed by atoms with van der Waals surface area (Å²) in [6.45, 7) is 6.59. The predicted octanol–water partition coefficient (Wildman–Crippen LogP) is 1.58. The van der Waals surface area contributed by atoms with Crippen LogP contribution in [0.4, 0.5) is 5.69 Å². The Morgan fingerprint density at radius 3 is 2.09 bits per heavy atom.